The van der Waals surface area contributed by atoms with Crippen molar-refractivity contribution in [2.75, 3.05) is 5.73 Å². The maximum Gasteiger partial charge on any atom is 0.418 e. The molecule has 0 radical (unpaired) electrons. The highest BCUT2D eigenvalue weighted by Crippen LogP contribution is 2.35. The van der Waals surface area contributed by atoms with E-state index in [4.69, 9.17) is 5.73 Å². The molecule has 1 aromatic rings. The molecule has 0 unspecified atom stereocenters. The molecule has 72 valence electrons. The first-order valence-corrected chi connectivity index (χ1v) is 3.62. The molecule has 2 N–H and O–H groups in total. The van der Waals surface area contributed by atoms with Gasteiger partial charge in [0.15, 0.2) is 0 Å². The quantitative estimate of drug-likeness (QED) is 0.385. The van der Waals surface area contributed by atoms with Crippen LogP contribution in [0.4, 0.5) is 23.2 Å². The van der Waals surface area contributed by atoms with Crippen molar-refractivity contribution in [3.05, 3.63) is 23.5 Å². The van der Waals surface area contributed by atoms with E-state index in [-0.39, 0.29) is 4.90 Å². The number of halogens is 4. The monoisotopic (exact) mass is 211 g/mol. The van der Waals surface area contributed by atoms with Crippen LogP contribution < -0.4 is 5.73 Å². The van der Waals surface area contributed by atoms with Crippen LogP contribution >= 0.6 is 12.6 Å². The Balaban J connectivity index is 3.37. The summed E-state index contributed by atoms with van der Waals surface area (Å²) in [5, 5.41) is 0. The van der Waals surface area contributed by atoms with Gasteiger partial charge in [0, 0.05) is 4.90 Å². The van der Waals surface area contributed by atoms with Crippen LogP contribution in [-0.4, -0.2) is 0 Å². The van der Waals surface area contributed by atoms with Crippen LogP contribution in [0.15, 0.2) is 17.0 Å². The molecule has 0 heterocycles. The highest BCUT2D eigenvalue weighted by atomic mass is 32.1. The zero-order valence-corrected chi connectivity index (χ0v) is 7.09. The van der Waals surface area contributed by atoms with Crippen molar-refractivity contribution in [3.8, 4) is 0 Å². The topological polar surface area (TPSA) is 26.0 Å². The van der Waals surface area contributed by atoms with Gasteiger partial charge in [-0.25, -0.2) is 4.39 Å². The molecular formula is C7H5F4NS. The fourth-order valence-electron chi connectivity index (χ4n) is 0.838. The van der Waals surface area contributed by atoms with Gasteiger partial charge in [-0.05, 0) is 12.1 Å². The van der Waals surface area contributed by atoms with Gasteiger partial charge >= 0.3 is 6.18 Å². The van der Waals surface area contributed by atoms with Crippen LogP contribution in [0.2, 0.25) is 0 Å². The Labute approximate surface area is 77.0 Å². The largest absolute Gasteiger partial charge is 0.418 e. The molecule has 0 aliphatic rings. The summed E-state index contributed by atoms with van der Waals surface area (Å²) in [6.45, 7) is 0. The van der Waals surface area contributed by atoms with Gasteiger partial charge in [-0.15, -0.1) is 12.6 Å². The lowest BCUT2D eigenvalue weighted by atomic mass is 10.1. The molecule has 0 saturated heterocycles. The average molecular weight is 211 g/mol. The molecular weight excluding hydrogens is 206 g/mol. The normalized spacial score (nSPS) is 11.8. The van der Waals surface area contributed by atoms with Gasteiger partial charge < -0.3 is 5.73 Å². The Morgan fingerprint density at radius 2 is 1.77 bits per heavy atom. The lowest BCUT2D eigenvalue weighted by Gasteiger charge is -2.10. The van der Waals surface area contributed by atoms with E-state index in [1.807, 2.05) is 0 Å². The minimum atomic E-state index is -4.65. The van der Waals surface area contributed by atoms with E-state index in [9.17, 15) is 17.6 Å². The van der Waals surface area contributed by atoms with Crippen LogP contribution in [0, 0.1) is 5.82 Å². The van der Waals surface area contributed by atoms with Crippen molar-refractivity contribution in [2.45, 2.75) is 11.1 Å². The van der Waals surface area contributed by atoms with Crippen molar-refractivity contribution in [1.29, 1.82) is 0 Å². The fraction of sp³-hybridized carbons (Fsp3) is 0.143. The van der Waals surface area contributed by atoms with Crippen LogP contribution in [0.5, 0.6) is 0 Å². The maximum absolute atomic E-state index is 12.7. The number of hydrogen-bond acceptors (Lipinski definition) is 2. The molecule has 0 aromatic heterocycles. The Hall–Kier alpha value is -0.910. The SMILES string of the molecule is Nc1c(F)cc(S)cc1C(F)(F)F. The molecule has 0 amide bonds. The van der Waals surface area contributed by atoms with Crippen molar-refractivity contribution >= 4 is 18.3 Å². The van der Waals surface area contributed by atoms with E-state index in [0.717, 1.165) is 6.07 Å². The van der Waals surface area contributed by atoms with Crippen molar-refractivity contribution in [2.24, 2.45) is 0 Å². The van der Waals surface area contributed by atoms with Crippen molar-refractivity contribution in [3.63, 3.8) is 0 Å². The first-order chi connectivity index (χ1) is 5.82. The smallest absolute Gasteiger partial charge is 0.396 e. The Morgan fingerprint density at radius 1 is 1.23 bits per heavy atom. The molecule has 0 spiro atoms. The van der Waals surface area contributed by atoms with E-state index in [2.05, 4.69) is 12.6 Å². The van der Waals surface area contributed by atoms with Crippen LogP contribution in [0.25, 0.3) is 0 Å². The lowest BCUT2D eigenvalue weighted by molar-refractivity contribution is -0.137. The van der Waals surface area contributed by atoms with Gasteiger partial charge in [-0.2, -0.15) is 13.2 Å². The van der Waals surface area contributed by atoms with Crippen molar-refractivity contribution in [1.82, 2.24) is 0 Å². The minimum Gasteiger partial charge on any atom is -0.396 e. The summed E-state index contributed by atoms with van der Waals surface area (Å²) in [5.41, 5.74) is 2.81. The number of thiol groups is 1. The van der Waals surface area contributed by atoms with E-state index < -0.39 is 23.2 Å². The lowest BCUT2D eigenvalue weighted by Crippen LogP contribution is -2.10. The van der Waals surface area contributed by atoms with E-state index in [0.29, 0.717) is 6.07 Å². The van der Waals surface area contributed by atoms with Crippen LogP contribution in [0.1, 0.15) is 5.56 Å². The summed E-state index contributed by atoms with van der Waals surface area (Å²) in [4.78, 5) is -0.112. The minimum absolute atomic E-state index is 0.112. The van der Waals surface area contributed by atoms with E-state index in [1.54, 1.807) is 0 Å². The summed E-state index contributed by atoms with van der Waals surface area (Å²) in [6.07, 6.45) is -4.65. The summed E-state index contributed by atoms with van der Waals surface area (Å²) in [7, 11) is 0. The summed E-state index contributed by atoms with van der Waals surface area (Å²) < 4.78 is 49.1. The third-order valence-corrected chi connectivity index (χ3v) is 1.68. The molecule has 0 aliphatic heterocycles. The summed E-state index contributed by atoms with van der Waals surface area (Å²) in [5.74, 6) is -1.11. The molecule has 0 atom stereocenters. The van der Waals surface area contributed by atoms with E-state index in [1.165, 1.54) is 0 Å². The van der Waals surface area contributed by atoms with E-state index >= 15 is 0 Å². The van der Waals surface area contributed by atoms with Gasteiger partial charge in [-0.1, -0.05) is 0 Å². The Bertz CT molecular complexity index is 334. The molecule has 13 heavy (non-hydrogen) atoms. The second-order valence-electron chi connectivity index (χ2n) is 2.39. The number of alkyl halides is 3. The zero-order chi connectivity index (χ0) is 10.2. The molecule has 0 saturated carbocycles. The first kappa shape index (κ1) is 10.2. The number of anilines is 1. The van der Waals surface area contributed by atoms with Gasteiger partial charge in [0.2, 0.25) is 0 Å². The highest BCUT2D eigenvalue weighted by Gasteiger charge is 2.34. The van der Waals surface area contributed by atoms with Crippen LogP contribution in [-0.2, 0) is 6.18 Å². The Morgan fingerprint density at radius 3 is 2.23 bits per heavy atom. The molecule has 1 rings (SSSR count). The molecule has 0 aliphatic carbocycles. The maximum atomic E-state index is 12.7. The number of benzene rings is 1. The second kappa shape index (κ2) is 3.10. The zero-order valence-electron chi connectivity index (χ0n) is 6.19. The second-order valence-corrected chi connectivity index (χ2v) is 2.90. The highest BCUT2D eigenvalue weighted by molar-refractivity contribution is 7.80. The summed E-state index contributed by atoms with van der Waals surface area (Å²) in [6, 6.07) is 1.51. The van der Waals surface area contributed by atoms with Gasteiger partial charge in [0.05, 0.1) is 11.3 Å². The number of hydrogen-bond donors (Lipinski definition) is 2. The summed E-state index contributed by atoms with van der Waals surface area (Å²) >= 11 is 3.61. The third-order valence-electron chi connectivity index (χ3n) is 1.42. The first-order valence-electron chi connectivity index (χ1n) is 3.17. The third kappa shape index (κ3) is 2.06. The predicted molar refractivity (Wildman–Crippen MR) is 43.1 cm³/mol. The standard InChI is InChI=1S/C7H5F4NS/c8-5-2-3(13)1-4(6(5)12)7(9,10)11/h1-2,13H,12H2. The molecule has 1 aromatic carbocycles. The fourth-order valence-corrected chi connectivity index (χ4v) is 1.08. The Kier molecular flexibility index (Phi) is 2.42. The number of nitrogens with two attached hydrogens (primary N) is 1. The van der Waals surface area contributed by atoms with Gasteiger partial charge in [-0.3, -0.25) is 0 Å². The van der Waals surface area contributed by atoms with Gasteiger partial charge in [0.25, 0.3) is 0 Å². The average Bonchev–Trinajstić information content (AvgIpc) is 1.94. The molecule has 1 nitrogen and oxygen atoms in total. The number of rotatable bonds is 0. The predicted octanol–water partition coefficient (Wildman–Crippen LogP) is 2.72. The van der Waals surface area contributed by atoms with Crippen LogP contribution in [0.3, 0.4) is 0 Å². The number of nitrogen functional groups attached to an aromatic ring is 1. The molecule has 0 bridgehead atoms. The van der Waals surface area contributed by atoms with Gasteiger partial charge in [0.1, 0.15) is 5.82 Å². The molecule has 6 heteroatoms. The molecule has 0 fully saturated rings. The van der Waals surface area contributed by atoms with Crippen molar-refractivity contribution < 1.29 is 17.6 Å².